The van der Waals surface area contributed by atoms with Crippen LogP contribution < -0.4 is 20.3 Å². The average Bonchev–Trinajstić information content (AvgIpc) is 3.54. The van der Waals surface area contributed by atoms with Crippen molar-refractivity contribution in [2.45, 2.75) is 32.9 Å². The lowest BCUT2D eigenvalue weighted by Crippen LogP contribution is -2.30. The van der Waals surface area contributed by atoms with Crippen molar-refractivity contribution in [2.75, 3.05) is 17.3 Å². The number of pyridine rings is 1. The first-order valence-corrected chi connectivity index (χ1v) is 12.9. The van der Waals surface area contributed by atoms with E-state index in [0.29, 0.717) is 16.5 Å². The smallest absolute Gasteiger partial charge is 0.229 e. The normalized spacial score (nSPS) is 17.3. The van der Waals surface area contributed by atoms with Crippen molar-refractivity contribution in [1.82, 2.24) is 14.9 Å². The summed E-state index contributed by atoms with van der Waals surface area (Å²) in [7, 11) is 1.60. The molecule has 0 spiro atoms. The maximum absolute atomic E-state index is 12.6. The molecule has 5 rings (SSSR count). The van der Waals surface area contributed by atoms with Gasteiger partial charge in [-0.15, -0.1) is 0 Å². The van der Waals surface area contributed by atoms with Crippen LogP contribution in [0.5, 0.6) is 5.75 Å². The second-order valence-corrected chi connectivity index (χ2v) is 10.7. The van der Waals surface area contributed by atoms with E-state index in [1.54, 1.807) is 13.3 Å². The van der Waals surface area contributed by atoms with E-state index >= 15 is 0 Å². The molecule has 2 N–H and O–H groups in total. The van der Waals surface area contributed by atoms with E-state index in [0.717, 1.165) is 22.6 Å². The van der Waals surface area contributed by atoms with Crippen LogP contribution in [0.15, 0.2) is 91.4 Å². The van der Waals surface area contributed by atoms with Crippen molar-refractivity contribution >= 4 is 34.6 Å². The van der Waals surface area contributed by atoms with Gasteiger partial charge in [0, 0.05) is 41.4 Å². The summed E-state index contributed by atoms with van der Waals surface area (Å²) in [6, 6.07) is 23.6. The second-order valence-electron chi connectivity index (χ2n) is 10.3. The maximum Gasteiger partial charge on any atom is 0.229 e. The number of aromatic nitrogens is 2. The van der Waals surface area contributed by atoms with Crippen LogP contribution in [0, 0.1) is 5.41 Å². The molecular formula is C30H31N5O2S. The molecule has 2 aromatic carbocycles. The van der Waals surface area contributed by atoms with Gasteiger partial charge < -0.3 is 24.8 Å². The number of amides is 1. The molecule has 1 aliphatic heterocycles. The molecule has 1 saturated heterocycles. The zero-order valence-electron chi connectivity index (χ0n) is 21.9. The van der Waals surface area contributed by atoms with Gasteiger partial charge in [0.1, 0.15) is 5.75 Å². The quantitative estimate of drug-likeness (QED) is 0.299. The van der Waals surface area contributed by atoms with Gasteiger partial charge in [-0.2, -0.15) is 0 Å². The topological polar surface area (TPSA) is 71.4 Å². The molecule has 3 heterocycles. The summed E-state index contributed by atoms with van der Waals surface area (Å²) >= 11 is 5.88. The molecule has 8 heteroatoms. The van der Waals surface area contributed by atoms with Crippen LogP contribution >= 0.6 is 12.2 Å². The number of carbonyl (C=O) groups excluding carboxylic acids is 1. The van der Waals surface area contributed by atoms with Gasteiger partial charge in [-0.05, 0) is 60.2 Å². The molecule has 4 aromatic rings. The minimum absolute atomic E-state index is 0.0859. The third-order valence-electron chi connectivity index (χ3n) is 6.60. The Hall–Kier alpha value is -4.17. The van der Waals surface area contributed by atoms with E-state index in [-0.39, 0.29) is 18.0 Å². The minimum atomic E-state index is -0.531. The predicted octanol–water partition coefficient (Wildman–Crippen LogP) is 6.04. The number of methoxy groups -OCH3 is 1. The maximum atomic E-state index is 12.6. The van der Waals surface area contributed by atoms with Crippen LogP contribution in [0.2, 0.25) is 0 Å². The average molecular weight is 526 g/mol. The van der Waals surface area contributed by atoms with Crippen molar-refractivity contribution in [1.29, 1.82) is 0 Å². The molecule has 2 aromatic heterocycles. The van der Waals surface area contributed by atoms with Gasteiger partial charge in [0.2, 0.25) is 5.91 Å². The summed E-state index contributed by atoms with van der Waals surface area (Å²) in [6.45, 7) is 5.63. The zero-order valence-corrected chi connectivity index (χ0v) is 22.7. The molecule has 1 amide bonds. The van der Waals surface area contributed by atoms with Crippen molar-refractivity contribution in [3.05, 3.63) is 103 Å². The van der Waals surface area contributed by atoms with Crippen LogP contribution in [0.25, 0.3) is 5.69 Å². The Labute approximate surface area is 228 Å². The predicted molar refractivity (Wildman–Crippen MR) is 155 cm³/mol. The number of para-hydroxylation sites is 1. The Kier molecular flexibility index (Phi) is 6.91. The lowest BCUT2D eigenvalue weighted by molar-refractivity contribution is -0.123. The highest BCUT2D eigenvalue weighted by Crippen LogP contribution is 2.43. The third kappa shape index (κ3) is 4.99. The lowest BCUT2D eigenvalue weighted by atomic mass is 9.95. The number of nitrogens with one attached hydrogen (secondary N) is 2. The number of benzene rings is 2. The van der Waals surface area contributed by atoms with Gasteiger partial charge >= 0.3 is 0 Å². The fourth-order valence-electron chi connectivity index (χ4n) is 4.56. The Bertz CT molecular complexity index is 1450. The van der Waals surface area contributed by atoms with E-state index in [9.17, 15) is 4.79 Å². The molecular weight excluding hydrogens is 494 g/mol. The van der Waals surface area contributed by atoms with E-state index in [2.05, 4.69) is 55.7 Å². The van der Waals surface area contributed by atoms with Gasteiger partial charge in [0.25, 0.3) is 0 Å². The van der Waals surface area contributed by atoms with Gasteiger partial charge in [-0.1, -0.05) is 45.0 Å². The lowest BCUT2D eigenvalue weighted by Gasteiger charge is -2.28. The number of hydrogen-bond acceptors (Lipinski definition) is 4. The molecule has 1 aliphatic rings. The van der Waals surface area contributed by atoms with Crippen molar-refractivity contribution in [2.24, 2.45) is 5.41 Å². The number of thiocarbonyl (C=S) groups is 1. The molecule has 0 aliphatic carbocycles. The van der Waals surface area contributed by atoms with Gasteiger partial charge in [0.15, 0.2) is 5.11 Å². The molecule has 1 fully saturated rings. The first kappa shape index (κ1) is 25.5. The van der Waals surface area contributed by atoms with E-state index in [4.69, 9.17) is 17.0 Å². The zero-order chi connectivity index (χ0) is 26.9. The molecule has 7 nitrogen and oxygen atoms in total. The molecule has 0 bridgehead atoms. The van der Waals surface area contributed by atoms with Crippen molar-refractivity contribution in [3.63, 3.8) is 0 Å². The van der Waals surface area contributed by atoms with Crippen LogP contribution in [-0.4, -0.2) is 27.7 Å². The second kappa shape index (κ2) is 10.3. The fraction of sp³-hybridized carbons (Fsp3) is 0.233. The summed E-state index contributed by atoms with van der Waals surface area (Å²) in [6.07, 6.45) is 5.99. The van der Waals surface area contributed by atoms with Crippen LogP contribution in [-0.2, 0) is 4.79 Å². The van der Waals surface area contributed by atoms with Crippen LogP contribution in [0.4, 0.5) is 11.4 Å². The number of hydrogen-bond donors (Lipinski definition) is 2. The van der Waals surface area contributed by atoms with Crippen molar-refractivity contribution in [3.8, 4) is 11.4 Å². The molecule has 194 valence electrons. The summed E-state index contributed by atoms with van der Waals surface area (Å²) in [4.78, 5) is 19.4. The van der Waals surface area contributed by atoms with E-state index in [1.807, 2.05) is 75.4 Å². The molecule has 0 radical (unpaired) electrons. The Balaban J connectivity index is 1.56. The standard InChI is InChI=1S/C30H31N5O2S/c1-30(2,3)28(36)32-23-14-13-22(18-25(23)37-4)35-27(26(33-29(35)38)24-12-8-9-16-31-24)20-15-17-34(19-20)21-10-6-5-7-11-21/h5-19,26-27H,1-4H3,(H,32,36)(H,33,38)/t26-,27-/m0/s1. The largest absolute Gasteiger partial charge is 0.494 e. The van der Waals surface area contributed by atoms with Gasteiger partial charge in [0.05, 0.1) is 30.6 Å². The van der Waals surface area contributed by atoms with Crippen LogP contribution in [0.3, 0.4) is 0 Å². The number of nitrogens with zero attached hydrogens (tertiary/aromatic N) is 3. The molecule has 2 atom stereocenters. The van der Waals surface area contributed by atoms with Crippen LogP contribution in [0.1, 0.15) is 44.1 Å². The highest BCUT2D eigenvalue weighted by atomic mass is 32.1. The monoisotopic (exact) mass is 525 g/mol. The summed E-state index contributed by atoms with van der Waals surface area (Å²) < 4.78 is 7.79. The van der Waals surface area contributed by atoms with Gasteiger partial charge in [-0.3, -0.25) is 9.78 Å². The third-order valence-corrected chi connectivity index (χ3v) is 6.92. The first-order chi connectivity index (χ1) is 18.3. The SMILES string of the molecule is COc1cc(N2C(=S)N[C@@H](c3ccccn3)[C@@H]2c2ccn(-c3ccccc3)c2)ccc1NC(=O)C(C)(C)C. The van der Waals surface area contributed by atoms with Crippen molar-refractivity contribution < 1.29 is 9.53 Å². The highest BCUT2D eigenvalue weighted by Gasteiger charge is 2.41. The number of rotatable bonds is 6. The minimum Gasteiger partial charge on any atom is -0.494 e. The summed E-state index contributed by atoms with van der Waals surface area (Å²) in [5.74, 6) is 0.474. The molecule has 0 saturated carbocycles. The number of anilines is 2. The van der Waals surface area contributed by atoms with E-state index in [1.165, 1.54) is 0 Å². The number of ether oxygens (including phenoxy) is 1. The van der Waals surface area contributed by atoms with E-state index < -0.39 is 5.41 Å². The Morgan fingerprint density at radius 1 is 1.03 bits per heavy atom. The fourth-order valence-corrected chi connectivity index (χ4v) is 4.91. The van der Waals surface area contributed by atoms with Gasteiger partial charge in [-0.25, -0.2) is 0 Å². The first-order valence-electron chi connectivity index (χ1n) is 12.5. The Morgan fingerprint density at radius 2 is 1.79 bits per heavy atom. The Morgan fingerprint density at radius 3 is 2.47 bits per heavy atom. The number of carbonyl (C=O) groups is 1. The molecule has 0 unspecified atom stereocenters. The summed E-state index contributed by atoms with van der Waals surface area (Å²) in [5.41, 5.74) is 3.99. The summed E-state index contributed by atoms with van der Waals surface area (Å²) in [5, 5.41) is 7.07. The highest BCUT2D eigenvalue weighted by molar-refractivity contribution is 7.80. The molecule has 38 heavy (non-hydrogen) atoms.